The van der Waals surface area contributed by atoms with Crippen LogP contribution in [0.2, 0.25) is 0 Å². The fraction of sp³-hybridized carbons (Fsp3) is 0.267. The van der Waals surface area contributed by atoms with E-state index >= 15 is 0 Å². The maximum absolute atomic E-state index is 10.4. The van der Waals surface area contributed by atoms with Crippen molar-refractivity contribution in [3.63, 3.8) is 0 Å². The van der Waals surface area contributed by atoms with Gasteiger partial charge in [0.05, 0.1) is 5.69 Å². The van der Waals surface area contributed by atoms with Crippen molar-refractivity contribution in [3.8, 4) is 0 Å². The quantitative estimate of drug-likeness (QED) is 0.724. The molecule has 3 rings (SSSR count). The molecular formula is C15H17N3O3. The standard InChI is InChI=1S/C9H7NO.C6H10N2O2/c11-6-8-5-7-3-1-2-4-9(7)10-8;1-3-4(2)5-7-6(9)10-8-5/h1-6,10H;4H,3H2,1-2H3,(H,7,8,9). The zero-order valence-electron chi connectivity index (χ0n) is 11.9. The topological polar surface area (TPSA) is 91.8 Å². The number of rotatable bonds is 3. The molecule has 110 valence electrons. The molecule has 2 N–H and O–H groups in total. The molecule has 0 fully saturated rings. The lowest BCUT2D eigenvalue weighted by molar-refractivity contribution is 0.112. The molecule has 3 aromatic rings. The van der Waals surface area contributed by atoms with Crippen molar-refractivity contribution in [2.45, 2.75) is 26.2 Å². The Hall–Kier alpha value is -2.63. The van der Waals surface area contributed by atoms with Gasteiger partial charge >= 0.3 is 5.76 Å². The summed E-state index contributed by atoms with van der Waals surface area (Å²) in [5.74, 6) is 0.425. The van der Waals surface area contributed by atoms with Crippen LogP contribution >= 0.6 is 0 Å². The fourth-order valence-corrected chi connectivity index (χ4v) is 1.81. The minimum atomic E-state index is -0.477. The highest BCUT2D eigenvalue weighted by atomic mass is 16.5. The second-order valence-electron chi connectivity index (χ2n) is 4.72. The molecule has 1 atom stereocenters. The average Bonchev–Trinajstić information content (AvgIpc) is 3.12. The number of nitrogens with one attached hydrogen (secondary N) is 2. The number of carbonyl (C=O) groups excluding carboxylic acids is 1. The van der Waals surface area contributed by atoms with E-state index in [1.807, 2.05) is 44.2 Å². The van der Waals surface area contributed by atoms with Crippen molar-refractivity contribution in [3.05, 3.63) is 52.4 Å². The SMILES string of the molecule is CCC(C)c1noc(=O)[nH]1.O=Cc1cc2ccccc2[nH]1. The molecule has 0 aliphatic carbocycles. The number of fused-ring (bicyclic) bond motifs is 1. The molecule has 0 amide bonds. The number of H-pyrrole nitrogens is 2. The highest BCUT2D eigenvalue weighted by molar-refractivity contribution is 5.87. The van der Waals surface area contributed by atoms with E-state index < -0.39 is 5.76 Å². The van der Waals surface area contributed by atoms with Gasteiger partial charge in [0, 0.05) is 16.8 Å². The molecule has 0 aliphatic rings. The third kappa shape index (κ3) is 3.68. The van der Waals surface area contributed by atoms with Crippen molar-refractivity contribution in [1.82, 2.24) is 15.1 Å². The predicted molar refractivity (Wildman–Crippen MR) is 79.5 cm³/mol. The van der Waals surface area contributed by atoms with E-state index in [2.05, 4.69) is 19.6 Å². The molecule has 0 saturated carbocycles. The van der Waals surface area contributed by atoms with Gasteiger partial charge in [-0.1, -0.05) is 37.2 Å². The van der Waals surface area contributed by atoms with Gasteiger partial charge in [0.1, 0.15) is 0 Å². The fourth-order valence-electron chi connectivity index (χ4n) is 1.81. The Morgan fingerprint density at radius 2 is 2.10 bits per heavy atom. The molecule has 0 bridgehead atoms. The molecule has 0 spiro atoms. The summed E-state index contributed by atoms with van der Waals surface area (Å²) in [7, 11) is 0. The van der Waals surface area contributed by atoms with Gasteiger partial charge in [-0.3, -0.25) is 14.3 Å². The predicted octanol–water partition coefficient (Wildman–Crippen LogP) is 2.86. The third-order valence-corrected chi connectivity index (χ3v) is 3.21. The number of hydrogen-bond acceptors (Lipinski definition) is 4. The second-order valence-corrected chi connectivity index (χ2v) is 4.72. The van der Waals surface area contributed by atoms with Gasteiger partial charge in [0.25, 0.3) is 0 Å². The number of hydrogen-bond donors (Lipinski definition) is 2. The van der Waals surface area contributed by atoms with Crippen LogP contribution in [0.3, 0.4) is 0 Å². The van der Waals surface area contributed by atoms with Gasteiger partial charge in [0.2, 0.25) is 0 Å². The van der Waals surface area contributed by atoms with Crippen LogP contribution in [0.25, 0.3) is 10.9 Å². The van der Waals surface area contributed by atoms with Crippen LogP contribution < -0.4 is 5.76 Å². The minimum absolute atomic E-state index is 0.270. The van der Waals surface area contributed by atoms with Crippen LogP contribution in [-0.2, 0) is 0 Å². The Labute approximate surface area is 121 Å². The molecule has 0 saturated heterocycles. The summed E-state index contributed by atoms with van der Waals surface area (Å²) < 4.78 is 4.33. The number of aromatic nitrogens is 3. The molecule has 0 aliphatic heterocycles. The number of aldehydes is 1. The summed E-state index contributed by atoms with van der Waals surface area (Å²) in [6.45, 7) is 4.01. The van der Waals surface area contributed by atoms with E-state index in [0.717, 1.165) is 23.6 Å². The van der Waals surface area contributed by atoms with Gasteiger partial charge in [-0.25, -0.2) is 4.79 Å². The Morgan fingerprint density at radius 1 is 1.33 bits per heavy atom. The molecule has 21 heavy (non-hydrogen) atoms. The normalized spacial score (nSPS) is 11.7. The summed E-state index contributed by atoms with van der Waals surface area (Å²) in [6.07, 6.45) is 1.77. The molecule has 1 unspecified atom stereocenters. The van der Waals surface area contributed by atoms with Crippen molar-refractivity contribution < 1.29 is 9.32 Å². The molecule has 2 aromatic heterocycles. The number of carbonyl (C=O) groups is 1. The van der Waals surface area contributed by atoms with Gasteiger partial charge in [0.15, 0.2) is 12.1 Å². The van der Waals surface area contributed by atoms with E-state index in [-0.39, 0.29) is 5.92 Å². The molecule has 2 heterocycles. The number of aromatic amines is 2. The maximum Gasteiger partial charge on any atom is 0.438 e. The first-order valence-corrected chi connectivity index (χ1v) is 6.72. The zero-order chi connectivity index (χ0) is 15.2. The summed E-state index contributed by atoms with van der Waals surface area (Å²) in [6, 6.07) is 9.64. The van der Waals surface area contributed by atoms with Crippen LogP contribution in [0.1, 0.15) is 42.5 Å². The van der Waals surface area contributed by atoms with Crippen molar-refractivity contribution in [2.75, 3.05) is 0 Å². The van der Waals surface area contributed by atoms with Crippen molar-refractivity contribution >= 4 is 17.2 Å². The number of para-hydroxylation sites is 1. The summed E-state index contributed by atoms with van der Waals surface area (Å²) in [4.78, 5) is 26.2. The highest BCUT2D eigenvalue weighted by Gasteiger charge is 2.07. The lowest BCUT2D eigenvalue weighted by atomic mass is 10.1. The first-order valence-electron chi connectivity index (χ1n) is 6.72. The second kappa shape index (κ2) is 6.69. The molecule has 0 radical (unpaired) electrons. The molecule has 6 heteroatoms. The maximum atomic E-state index is 10.4. The Bertz CT molecular complexity index is 736. The summed E-state index contributed by atoms with van der Waals surface area (Å²) in [5, 5.41) is 4.62. The molecular weight excluding hydrogens is 270 g/mol. The lowest BCUT2D eigenvalue weighted by Crippen LogP contribution is -1.99. The Morgan fingerprint density at radius 3 is 2.67 bits per heavy atom. The first-order chi connectivity index (χ1) is 10.1. The van der Waals surface area contributed by atoms with Crippen LogP contribution in [0.5, 0.6) is 0 Å². The Balaban J connectivity index is 0.000000155. The van der Waals surface area contributed by atoms with E-state index in [4.69, 9.17) is 0 Å². The third-order valence-electron chi connectivity index (χ3n) is 3.21. The lowest BCUT2D eigenvalue weighted by Gasteiger charge is -1.98. The van der Waals surface area contributed by atoms with Crippen LogP contribution in [0, 0.1) is 0 Å². The minimum Gasteiger partial charge on any atom is -0.352 e. The summed E-state index contributed by atoms with van der Waals surface area (Å²) in [5.41, 5.74) is 1.64. The van der Waals surface area contributed by atoms with Gasteiger partial charge in [-0.2, -0.15) is 0 Å². The van der Waals surface area contributed by atoms with E-state index in [1.54, 1.807) is 0 Å². The monoisotopic (exact) mass is 287 g/mol. The van der Waals surface area contributed by atoms with Gasteiger partial charge in [-0.05, 0) is 18.6 Å². The zero-order valence-corrected chi connectivity index (χ0v) is 11.9. The van der Waals surface area contributed by atoms with Crippen LogP contribution in [0.4, 0.5) is 0 Å². The van der Waals surface area contributed by atoms with E-state index in [0.29, 0.717) is 11.5 Å². The molecule has 1 aromatic carbocycles. The van der Waals surface area contributed by atoms with Crippen molar-refractivity contribution in [1.29, 1.82) is 0 Å². The highest BCUT2D eigenvalue weighted by Crippen LogP contribution is 2.12. The number of benzene rings is 1. The largest absolute Gasteiger partial charge is 0.438 e. The van der Waals surface area contributed by atoms with Gasteiger partial charge < -0.3 is 4.98 Å². The van der Waals surface area contributed by atoms with E-state index in [1.165, 1.54) is 0 Å². The first kappa shape index (κ1) is 14.8. The summed E-state index contributed by atoms with van der Waals surface area (Å²) >= 11 is 0. The van der Waals surface area contributed by atoms with Crippen molar-refractivity contribution in [2.24, 2.45) is 0 Å². The average molecular weight is 287 g/mol. The van der Waals surface area contributed by atoms with Crippen LogP contribution in [-0.4, -0.2) is 21.4 Å². The van der Waals surface area contributed by atoms with E-state index in [9.17, 15) is 9.59 Å². The Kier molecular flexibility index (Phi) is 4.71. The smallest absolute Gasteiger partial charge is 0.352 e. The van der Waals surface area contributed by atoms with Gasteiger partial charge in [-0.15, -0.1) is 0 Å². The molecule has 6 nitrogen and oxygen atoms in total. The number of nitrogens with zero attached hydrogens (tertiary/aromatic N) is 1. The van der Waals surface area contributed by atoms with Crippen LogP contribution in [0.15, 0.2) is 39.6 Å².